The maximum absolute atomic E-state index is 5.38. The van der Waals surface area contributed by atoms with Crippen molar-refractivity contribution in [3.05, 3.63) is 29.8 Å². The SMILES string of the molecule is COc1ccc(CCNC(=S)[Si](C)(C)C)cc1. The molecule has 4 heteroatoms. The first-order chi connectivity index (χ1) is 7.93. The third-order valence-electron chi connectivity index (χ3n) is 2.54. The molecule has 0 atom stereocenters. The Labute approximate surface area is 110 Å². The largest absolute Gasteiger partial charge is 0.497 e. The molecule has 1 N–H and O–H groups in total. The summed E-state index contributed by atoms with van der Waals surface area (Å²) in [5.41, 5.74) is 1.30. The van der Waals surface area contributed by atoms with Crippen LogP contribution in [0.15, 0.2) is 24.3 Å². The second kappa shape index (κ2) is 6.17. The van der Waals surface area contributed by atoms with E-state index in [0.717, 1.165) is 23.3 Å². The van der Waals surface area contributed by atoms with Crippen molar-refractivity contribution in [1.29, 1.82) is 0 Å². The normalized spacial score (nSPS) is 11.1. The van der Waals surface area contributed by atoms with E-state index in [1.807, 2.05) is 12.1 Å². The summed E-state index contributed by atoms with van der Waals surface area (Å²) in [4.78, 5) is 0. The molecule has 0 amide bonds. The molecule has 0 aliphatic carbocycles. The summed E-state index contributed by atoms with van der Waals surface area (Å²) in [6.45, 7) is 7.69. The van der Waals surface area contributed by atoms with Crippen LogP contribution in [0.1, 0.15) is 5.56 Å². The van der Waals surface area contributed by atoms with Crippen LogP contribution in [0.2, 0.25) is 19.6 Å². The van der Waals surface area contributed by atoms with E-state index in [0.29, 0.717) is 0 Å². The molecule has 0 spiro atoms. The van der Waals surface area contributed by atoms with Crippen LogP contribution in [0.3, 0.4) is 0 Å². The average Bonchev–Trinajstić information content (AvgIpc) is 2.28. The summed E-state index contributed by atoms with van der Waals surface area (Å²) in [6, 6.07) is 8.18. The Balaban J connectivity index is 2.38. The summed E-state index contributed by atoms with van der Waals surface area (Å²) >= 11 is 5.38. The highest BCUT2D eigenvalue weighted by Crippen LogP contribution is 2.11. The minimum Gasteiger partial charge on any atom is -0.497 e. The highest BCUT2D eigenvalue weighted by Gasteiger charge is 2.18. The van der Waals surface area contributed by atoms with E-state index >= 15 is 0 Å². The van der Waals surface area contributed by atoms with E-state index in [4.69, 9.17) is 17.0 Å². The number of benzene rings is 1. The first-order valence-electron chi connectivity index (χ1n) is 5.84. The van der Waals surface area contributed by atoms with Crippen LogP contribution in [0.5, 0.6) is 5.75 Å². The van der Waals surface area contributed by atoms with E-state index in [2.05, 4.69) is 37.1 Å². The summed E-state index contributed by atoms with van der Waals surface area (Å²) in [6.07, 6.45) is 0.995. The monoisotopic (exact) mass is 267 g/mol. The third kappa shape index (κ3) is 4.87. The summed E-state index contributed by atoms with van der Waals surface area (Å²) in [5.74, 6) is 0.902. The Bertz CT molecular complexity index is 370. The van der Waals surface area contributed by atoms with Crippen LogP contribution in [0, 0.1) is 0 Å². The molecule has 0 heterocycles. The van der Waals surface area contributed by atoms with Gasteiger partial charge in [-0.25, -0.2) is 0 Å². The maximum atomic E-state index is 5.38. The second-order valence-corrected chi connectivity index (χ2v) is 10.9. The zero-order valence-electron chi connectivity index (χ0n) is 11.0. The van der Waals surface area contributed by atoms with Gasteiger partial charge in [0.2, 0.25) is 0 Å². The second-order valence-electron chi connectivity index (χ2n) is 5.10. The smallest absolute Gasteiger partial charge is 0.118 e. The van der Waals surface area contributed by atoms with Crippen molar-refractivity contribution in [2.75, 3.05) is 13.7 Å². The molecular formula is C13H21NOSSi. The van der Waals surface area contributed by atoms with Crippen molar-refractivity contribution in [3.63, 3.8) is 0 Å². The fourth-order valence-corrected chi connectivity index (χ4v) is 2.14. The van der Waals surface area contributed by atoms with E-state index in [-0.39, 0.29) is 0 Å². The van der Waals surface area contributed by atoms with Crippen molar-refractivity contribution in [1.82, 2.24) is 5.32 Å². The number of hydrogen-bond acceptors (Lipinski definition) is 2. The molecule has 0 bridgehead atoms. The highest BCUT2D eigenvalue weighted by molar-refractivity contribution is 7.84. The first kappa shape index (κ1) is 14.2. The van der Waals surface area contributed by atoms with E-state index in [9.17, 15) is 0 Å². The zero-order chi connectivity index (χ0) is 12.9. The molecule has 1 aromatic rings. The van der Waals surface area contributed by atoms with E-state index in [1.54, 1.807) is 7.11 Å². The van der Waals surface area contributed by atoms with Crippen LogP contribution in [-0.4, -0.2) is 26.3 Å². The minimum absolute atomic E-state index is 0.902. The van der Waals surface area contributed by atoms with E-state index in [1.165, 1.54) is 5.56 Å². The Morgan fingerprint density at radius 3 is 2.29 bits per heavy atom. The number of rotatable bonds is 5. The molecule has 1 rings (SSSR count). The van der Waals surface area contributed by atoms with Crippen molar-refractivity contribution < 1.29 is 4.74 Å². The predicted octanol–water partition coefficient (Wildman–Crippen LogP) is 3.03. The lowest BCUT2D eigenvalue weighted by molar-refractivity contribution is 0.414. The lowest BCUT2D eigenvalue weighted by Crippen LogP contribution is -2.43. The topological polar surface area (TPSA) is 21.3 Å². The summed E-state index contributed by atoms with van der Waals surface area (Å²) in [5, 5.41) is 3.36. The predicted molar refractivity (Wildman–Crippen MR) is 80.6 cm³/mol. The molecule has 2 nitrogen and oxygen atoms in total. The van der Waals surface area contributed by atoms with Crippen LogP contribution >= 0.6 is 12.2 Å². The molecule has 0 aromatic heterocycles. The van der Waals surface area contributed by atoms with Crippen molar-refractivity contribution in [2.45, 2.75) is 26.1 Å². The highest BCUT2D eigenvalue weighted by atomic mass is 32.1. The fraction of sp³-hybridized carbons (Fsp3) is 0.462. The van der Waals surface area contributed by atoms with Crippen LogP contribution in [0.25, 0.3) is 0 Å². The first-order valence-corrected chi connectivity index (χ1v) is 9.75. The van der Waals surface area contributed by atoms with Gasteiger partial charge in [0.25, 0.3) is 0 Å². The molecule has 1 aromatic carbocycles. The molecule has 0 aliphatic rings. The van der Waals surface area contributed by atoms with Gasteiger partial charge >= 0.3 is 0 Å². The molecule has 0 unspecified atom stereocenters. The Kier molecular flexibility index (Phi) is 5.15. The van der Waals surface area contributed by atoms with Gasteiger partial charge in [0, 0.05) is 6.54 Å². The van der Waals surface area contributed by atoms with Gasteiger partial charge in [-0.1, -0.05) is 44.0 Å². The molecule has 0 aliphatic heterocycles. The number of ether oxygens (including phenoxy) is 1. The molecule has 0 fully saturated rings. The average molecular weight is 267 g/mol. The molecule has 17 heavy (non-hydrogen) atoms. The van der Waals surface area contributed by atoms with Gasteiger partial charge in [0.1, 0.15) is 13.8 Å². The van der Waals surface area contributed by atoms with Crippen molar-refractivity contribution in [2.24, 2.45) is 0 Å². The number of methoxy groups -OCH3 is 1. The fourth-order valence-electron chi connectivity index (χ4n) is 1.38. The van der Waals surface area contributed by atoms with Crippen LogP contribution < -0.4 is 10.1 Å². The van der Waals surface area contributed by atoms with Gasteiger partial charge in [-0.15, -0.1) is 0 Å². The van der Waals surface area contributed by atoms with Gasteiger partial charge < -0.3 is 10.1 Å². The van der Waals surface area contributed by atoms with E-state index < -0.39 is 8.07 Å². The van der Waals surface area contributed by atoms with Crippen LogP contribution in [0.4, 0.5) is 0 Å². The molecule has 0 radical (unpaired) electrons. The molecular weight excluding hydrogens is 246 g/mol. The van der Waals surface area contributed by atoms with Gasteiger partial charge in [0.15, 0.2) is 0 Å². The van der Waals surface area contributed by atoms with Gasteiger partial charge in [0.05, 0.1) is 11.7 Å². The summed E-state index contributed by atoms with van der Waals surface area (Å²) < 4.78 is 6.19. The molecule has 0 saturated heterocycles. The number of hydrogen-bond donors (Lipinski definition) is 1. The quantitative estimate of drug-likeness (QED) is 0.654. The molecule has 94 valence electrons. The van der Waals surface area contributed by atoms with Gasteiger partial charge in [-0.3, -0.25) is 0 Å². The van der Waals surface area contributed by atoms with Gasteiger partial charge in [-0.05, 0) is 24.1 Å². The Hall–Kier alpha value is -0.873. The maximum Gasteiger partial charge on any atom is 0.118 e. The van der Waals surface area contributed by atoms with Gasteiger partial charge in [-0.2, -0.15) is 0 Å². The minimum atomic E-state index is -1.31. The molecule has 0 saturated carbocycles. The number of nitrogens with one attached hydrogen (secondary N) is 1. The third-order valence-corrected chi connectivity index (χ3v) is 6.06. The zero-order valence-corrected chi connectivity index (χ0v) is 12.9. The standard InChI is InChI=1S/C13H21NOSSi/c1-15-12-7-5-11(6-8-12)9-10-14-13(16)17(2,3)4/h5-8H,9-10H2,1-4H3,(H,14,16). The Morgan fingerprint density at radius 2 is 1.82 bits per heavy atom. The number of thiocarbonyl (C=S) groups is 1. The van der Waals surface area contributed by atoms with Crippen molar-refractivity contribution >= 4 is 24.9 Å². The van der Waals surface area contributed by atoms with Crippen LogP contribution in [-0.2, 0) is 6.42 Å². The lowest BCUT2D eigenvalue weighted by Gasteiger charge is -2.19. The van der Waals surface area contributed by atoms with Crippen molar-refractivity contribution in [3.8, 4) is 5.75 Å². The lowest BCUT2D eigenvalue weighted by atomic mass is 10.1. The Morgan fingerprint density at radius 1 is 1.24 bits per heavy atom. The summed E-state index contributed by atoms with van der Waals surface area (Å²) in [7, 11) is 0.370.